The lowest BCUT2D eigenvalue weighted by atomic mass is 9.92. The van der Waals surface area contributed by atoms with E-state index in [1.54, 1.807) is 0 Å². The summed E-state index contributed by atoms with van der Waals surface area (Å²) in [6.45, 7) is 3.05. The fraction of sp³-hybridized carbons (Fsp3) is 1.00. The van der Waals surface area contributed by atoms with Crippen LogP contribution in [0.15, 0.2) is 0 Å². The van der Waals surface area contributed by atoms with Gasteiger partial charge in [-0.05, 0) is 39.7 Å². The van der Waals surface area contributed by atoms with Crippen molar-refractivity contribution in [1.82, 2.24) is 4.90 Å². The molecular formula is C11H24N2O. The topological polar surface area (TPSA) is 38.5 Å². The second-order valence-corrected chi connectivity index (χ2v) is 4.59. The van der Waals surface area contributed by atoms with Gasteiger partial charge < -0.3 is 15.4 Å². The van der Waals surface area contributed by atoms with Gasteiger partial charge in [-0.1, -0.05) is 0 Å². The summed E-state index contributed by atoms with van der Waals surface area (Å²) in [6, 6.07) is 0.933. The van der Waals surface area contributed by atoms with Crippen LogP contribution >= 0.6 is 0 Å². The Morgan fingerprint density at radius 3 is 2.79 bits per heavy atom. The highest BCUT2D eigenvalue weighted by Crippen LogP contribution is 2.23. The highest BCUT2D eigenvalue weighted by atomic mass is 16.5. The normalized spacial score (nSPS) is 30.6. The first-order valence-corrected chi connectivity index (χ1v) is 5.62. The van der Waals surface area contributed by atoms with E-state index in [4.69, 9.17) is 10.5 Å². The number of nitrogens with zero attached hydrogens (tertiary/aromatic N) is 1. The number of likely N-dealkylation sites (N-methyl/N-ethyl adjacent to an activating group) is 1. The first-order valence-electron chi connectivity index (χ1n) is 5.62. The third kappa shape index (κ3) is 3.56. The Hall–Kier alpha value is -0.120. The van der Waals surface area contributed by atoms with E-state index in [0.29, 0.717) is 12.1 Å². The van der Waals surface area contributed by atoms with Crippen LogP contribution in [0.2, 0.25) is 0 Å². The summed E-state index contributed by atoms with van der Waals surface area (Å²) in [6.07, 6.45) is 5.43. The monoisotopic (exact) mass is 200 g/mol. The Morgan fingerprint density at radius 2 is 2.21 bits per heavy atom. The van der Waals surface area contributed by atoms with Crippen LogP contribution in [-0.2, 0) is 4.74 Å². The van der Waals surface area contributed by atoms with Gasteiger partial charge in [0, 0.05) is 25.7 Å². The van der Waals surface area contributed by atoms with Gasteiger partial charge in [-0.2, -0.15) is 0 Å². The molecule has 84 valence electrons. The molecule has 0 radical (unpaired) electrons. The molecule has 1 fully saturated rings. The Bertz CT molecular complexity index is 161. The lowest BCUT2D eigenvalue weighted by Crippen LogP contribution is -2.43. The van der Waals surface area contributed by atoms with E-state index in [1.807, 2.05) is 7.11 Å². The van der Waals surface area contributed by atoms with Crippen molar-refractivity contribution in [3.05, 3.63) is 0 Å². The summed E-state index contributed by atoms with van der Waals surface area (Å²) < 4.78 is 5.42. The zero-order valence-corrected chi connectivity index (χ0v) is 9.70. The van der Waals surface area contributed by atoms with Gasteiger partial charge in [0.15, 0.2) is 0 Å². The van der Waals surface area contributed by atoms with Crippen LogP contribution in [0, 0.1) is 0 Å². The zero-order chi connectivity index (χ0) is 10.6. The summed E-state index contributed by atoms with van der Waals surface area (Å²) in [5, 5.41) is 0. The van der Waals surface area contributed by atoms with Crippen molar-refractivity contribution < 1.29 is 4.74 Å². The quantitative estimate of drug-likeness (QED) is 0.741. The van der Waals surface area contributed by atoms with Crippen molar-refractivity contribution in [3.8, 4) is 0 Å². The predicted molar refractivity (Wildman–Crippen MR) is 59.3 cm³/mol. The molecule has 3 nitrogen and oxygen atoms in total. The van der Waals surface area contributed by atoms with E-state index < -0.39 is 0 Å². The number of hydrogen-bond donors (Lipinski definition) is 1. The maximum absolute atomic E-state index is 5.79. The lowest BCUT2D eigenvalue weighted by molar-refractivity contribution is 0.0337. The Balaban J connectivity index is 2.35. The van der Waals surface area contributed by atoms with Gasteiger partial charge in [0.1, 0.15) is 0 Å². The van der Waals surface area contributed by atoms with E-state index in [0.717, 1.165) is 6.54 Å². The number of nitrogens with two attached hydrogens (primary N) is 1. The summed E-state index contributed by atoms with van der Waals surface area (Å²) in [5.41, 5.74) is 5.79. The average Bonchev–Trinajstić information content (AvgIpc) is 2.17. The number of methoxy groups -OCH3 is 1. The lowest BCUT2D eigenvalue weighted by Gasteiger charge is -2.35. The smallest absolute Gasteiger partial charge is 0.0586 e. The van der Waals surface area contributed by atoms with Crippen LogP contribution in [-0.4, -0.2) is 43.8 Å². The third-order valence-corrected chi connectivity index (χ3v) is 3.13. The van der Waals surface area contributed by atoms with E-state index in [1.165, 1.54) is 25.7 Å². The summed E-state index contributed by atoms with van der Waals surface area (Å²) in [4.78, 5) is 2.38. The first-order chi connectivity index (χ1) is 6.63. The molecule has 0 aromatic rings. The van der Waals surface area contributed by atoms with E-state index >= 15 is 0 Å². The molecule has 2 N–H and O–H groups in total. The molecule has 0 amide bonds. The number of hydrogen-bond acceptors (Lipinski definition) is 3. The SMILES string of the molecule is COC1CCCC(N(C)CC(C)N)C1. The highest BCUT2D eigenvalue weighted by molar-refractivity contribution is 4.80. The average molecular weight is 200 g/mol. The van der Waals surface area contributed by atoms with Gasteiger partial charge in [0.25, 0.3) is 0 Å². The zero-order valence-electron chi connectivity index (χ0n) is 9.70. The fourth-order valence-corrected chi connectivity index (χ4v) is 2.34. The van der Waals surface area contributed by atoms with Crippen molar-refractivity contribution in [2.45, 2.75) is 50.8 Å². The molecule has 1 aliphatic carbocycles. The van der Waals surface area contributed by atoms with Crippen LogP contribution in [0.4, 0.5) is 0 Å². The Morgan fingerprint density at radius 1 is 1.50 bits per heavy atom. The van der Waals surface area contributed by atoms with Gasteiger partial charge >= 0.3 is 0 Å². The highest BCUT2D eigenvalue weighted by Gasteiger charge is 2.24. The molecule has 14 heavy (non-hydrogen) atoms. The van der Waals surface area contributed by atoms with Gasteiger partial charge in [-0.25, -0.2) is 0 Å². The molecule has 0 aliphatic heterocycles. The fourth-order valence-electron chi connectivity index (χ4n) is 2.34. The van der Waals surface area contributed by atoms with Crippen LogP contribution in [0.3, 0.4) is 0 Å². The molecule has 1 aliphatic rings. The van der Waals surface area contributed by atoms with Crippen molar-refractivity contribution >= 4 is 0 Å². The van der Waals surface area contributed by atoms with Crippen LogP contribution < -0.4 is 5.73 Å². The van der Waals surface area contributed by atoms with E-state index in [9.17, 15) is 0 Å². The molecule has 1 saturated carbocycles. The van der Waals surface area contributed by atoms with Crippen molar-refractivity contribution in [1.29, 1.82) is 0 Å². The standard InChI is InChI=1S/C11H24N2O/c1-9(12)8-13(2)10-5-4-6-11(7-10)14-3/h9-11H,4-8,12H2,1-3H3. The molecule has 3 heteroatoms. The summed E-state index contributed by atoms with van der Waals surface area (Å²) >= 11 is 0. The molecular weight excluding hydrogens is 176 g/mol. The maximum atomic E-state index is 5.79. The van der Waals surface area contributed by atoms with Crippen LogP contribution in [0.25, 0.3) is 0 Å². The molecule has 0 aromatic carbocycles. The Labute approximate surface area is 87.6 Å². The van der Waals surface area contributed by atoms with E-state index in [-0.39, 0.29) is 6.04 Å². The van der Waals surface area contributed by atoms with Crippen molar-refractivity contribution in [2.75, 3.05) is 20.7 Å². The van der Waals surface area contributed by atoms with Gasteiger partial charge in [0.05, 0.1) is 6.10 Å². The Kier molecular flexibility index (Phi) is 4.85. The maximum Gasteiger partial charge on any atom is 0.0586 e. The molecule has 0 aromatic heterocycles. The second-order valence-electron chi connectivity index (χ2n) is 4.59. The van der Waals surface area contributed by atoms with Crippen LogP contribution in [0.1, 0.15) is 32.6 Å². The summed E-state index contributed by atoms with van der Waals surface area (Å²) in [5.74, 6) is 0. The van der Waals surface area contributed by atoms with Crippen LogP contribution in [0.5, 0.6) is 0 Å². The first kappa shape index (κ1) is 12.0. The largest absolute Gasteiger partial charge is 0.381 e. The number of ether oxygens (including phenoxy) is 1. The minimum atomic E-state index is 0.267. The second kappa shape index (κ2) is 5.69. The van der Waals surface area contributed by atoms with Crippen molar-refractivity contribution in [2.24, 2.45) is 5.73 Å². The van der Waals surface area contributed by atoms with Crippen molar-refractivity contribution in [3.63, 3.8) is 0 Å². The minimum absolute atomic E-state index is 0.267. The third-order valence-electron chi connectivity index (χ3n) is 3.13. The molecule has 1 rings (SSSR count). The number of rotatable bonds is 4. The predicted octanol–water partition coefficient (Wildman–Crippen LogP) is 1.22. The van der Waals surface area contributed by atoms with Gasteiger partial charge in [0.2, 0.25) is 0 Å². The molecule has 0 saturated heterocycles. The summed E-state index contributed by atoms with van der Waals surface area (Å²) in [7, 11) is 3.99. The molecule has 0 bridgehead atoms. The molecule has 3 atom stereocenters. The van der Waals surface area contributed by atoms with Gasteiger partial charge in [-0.15, -0.1) is 0 Å². The molecule has 0 heterocycles. The van der Waals surface area contributed by atoms with E-state index in [2.05, 4.69) is 18.9 Å². The van der Waals surface area contributed by atoms with Gasteiger partial charge in [-0.3, -0.25) is 0 Å². The molecule has 0 spiro atoms. The minimum Gasteiger partial charge on any atom is -0.381 e. The molecule has 3 unspecified atom stereocenters.